The molecule has 17 heavy (non-hydrogen) atoms. The Balaban J connectivity index is 0.00000256. The maximum Gasteiger partial charge on any atom is 0.123 e. The van der Waals surface area contributed by atoms with Crippen molar-refractivity contribution in [2.75, 3.05) is 7.11 Å². The minimum absolute atomic E-state index is 0. The lowest BCUT2D eigenvalue weighted by atomic mass is 9.96. The van der Waals surface area contributed by atoms with E-state index in [1.165, 1.54) is 5.56 Å². The van der Waals surface area contributed by atoms with Crippen LogP contribution in [-0.4, -0.2) is 7.11 Å². The normalized spacial score (nSPS) is 11.8. The van der Waals surface area contributed by atoms with Crippen molar-refractivity contribution in [3.8, 4) is 5.75 Å². The highest BCUT2D eigenvalue weighted by Crippen LogP contribution is 2.29. The van der Waals surface area contributed by atoms with E-state index in [-0.39, 0.29) is 18.4 Å². The van der Waals surface area contributed by atoms with Gasteiger partial charge in [0.15, 0.2) is 0 Å². The fourth-order valence-electron chi connectivity index (χ4n) is 1.71. The summed E-state index contributed by atoms with van der Waals surface area (Å²) in [4.78, 5) is 0. The van der Waals surface area contributed by atoms with Gasteiger partial charge < -0.3 is 10.5 Å². The van der Waals surface area contributed by atoms with Crippen molar-refractivity contribution in [2.24, 2.45) is 5.73 Å². The summed E-state index contributed by atoms with van der Waals surface area (Å²) in [5.74, 6) is 1.36. The van der Waals surface area contributed by atoms with Gasteiger partial charge >= 0.3 is 0 Å². The molecule has 2 nitrogen and oxygen atoms in total. The van der Waals surface area contributed by atoms with Crippen LogP contribution in [0.5, 0.6) is 5.75 Å². The largest absolute Gasteiger partial charge is 0.496 e. The number of rotatable bonds is 5. The van der Waals surface area contributed by atoms with Crippen LogP contribution in [0.15, 0.2) is 30.9 Å². The van der Waals surface area contributed by atoms with Crippen LogP contribution in [0.1, 0.15) is 43.4 Å². The van der Waals surface area contributed by atoms with Gasteiger partial charge in [0.2, 0.25) is 0 Å². The number of hydrogen-bond donors (Lipinski definition) is 1. The molecule has 0 aliphatic rings. The summed E-state index contributed by atoms with van der Waals surface area (Å²) >= 11 is 0. The Morgan fingerprint density at radius 1 is 1.41 bits per heavy atom. The van der Waals surface area contributed by atoms with E-state index in [0.29, 0.717) is 5.92 Å². The van der Waals surface area contributed by atoms with E-state index in [0.717, 1.165) is 17.7 Å². The molecular formula is C14H22ClNO. The molecule has 0 aliphatic carbocycles. The minimum Gasteiger partial charge on any atom is -0.496 e. The molecule has 1 atom stereocenters. The molecule has 0 bridgehead atoms. The fourth-order valence-corrected chi connectivity index (χ4v) is 1.71. The van der Waals surface area contributed by atoms with Crippen LogP contribution < -0.4 is 10.5 Å². The summed E-state index contributed by atoms with van der Waals surface area (Å²) in [6.45, 7) is 8.06. The third-order valence-corrected chi connectivity index (χ3v) is 2.74. The molecule has 0 fully saturated rings. The molecular weight excluding hydrogens is 234 g/mol. The number of ether oxygens (including phenoxy) is 1. The quantitative estimate of drug-likeness (QED) is 0.812. The Hall–Kier alpha value is -0.990. The summed E-state index contributed by atoms with van der Waals surface area (Å²) < 4.78 is 5.33. The minimum atomic E-state index is -0.0360. The van der Waals surface area contributed by atoms with Crippen LogP contribution in [0.3, 0.4) is 0 Å². The molecule has 3 heteroatoms. The first-order valence-electron chi connectivity index (χ1n) is 5.64. The Bertz CT molecular complexity index is 363. The van der Waals surface area contributed by atoms with Crippen molar-refractivity contribution in [1.82, 2.24) is 0 Å². The molecule has 0 saturated carbocycles. The van der Waals surface area contributed by atoms with Crippen LogP contribution in [0.4, 0.5) is 0 Å². The van der Waals surface area contributed by atoms with Gasteiger partial charge in [-0.2, -0.15) is 0 Å². The lowest BCUT2D eigenvalue weighted by Crippen LogP contribution is -2.11. The van der Waals surface area contributed by atoms with Gasteiger partial charge in [0.1, 0.15) is 5.75 Å². The van der Waals surface area contributed by atoms with Gasteiger partial charge in [-0.1, -0.05) is 32.1 Å². The standard InChI is InChI=1S/C14H21NO.ClH/c1-5-6-13(15)12-9-11(10(2)3)7-8-14(12)16-4;/h5,7-10,13H,1,6,15H2,2-4H3;1H/t13-;/m0./s1. The van der Waals surface area contributed by atoms with E-state index in [4.69, 9.17) is 10.5 Å². The van der Waals surface area contributed by atoms with Crippen molar-refractivity contribution in [1.29, 1.82) is 0 Å². The summed E-state index contributed by atoms with van der Waals surface area (Å²) in [6.07, 6.45) is 2.60. The number of hydrogen-bond acceptors (Lipinski definition) is 2. The summed E-state index contributed by atoms with van der Waals surface area (Å²) in [7, 11) is 1.68. The Labute approximate surface area is 110 Å². The molecule has 96 valence electrons. The molecule has 0 unspecified atom stereocenters. The van der Waals surface area contributed by atoms with Crippen LogP contribution in [-0.2, 0) is 0 Å². The van der Waals surface area contributed by atoms with E-state index in [2.05, 4.69) is 32.6 Å². The zero-order valence-corrected chi connectivity index (χ0v) is 11.6. The predicted octanol–water partition coefficient (Wildman–Crippen LogP) is 3.82. The van der Waals surface area contributed by atoms with Crippen LogP contribution in [0.25, 0.3) is 0 Å². The lowest BCUT2D eigenvalue weighted by molar-refractivity contribution is 0.405. The van der Waals surface area contributed by atoms with E-state index in [1.807, 2.05) is 12.1 Å². The number of benzene rings is 1. The van der Waals surface area contributed by atoms with Crippen LogP contribution in [0, 0.1) is 0 Å². The van der Waals surface area contributed by atoms with Crippen LogP contribution >= 0.6 is 12.4 Å². The highest BCUT2D eigenvalue weighted by molar-refractivity contribution is 5.85. The van der Waals surface area contributed by atoms with Gasteiger partial charge in [-0.15, -0.1) is 19.0 Å². The van der Waals surface area contributed by atoms with Crippen molar-refractivity contribution in [2.45, 2.75) is 32.2 Å². The fraction of sp³-hybridized carbons (Fsp3) is 0.429. The highest BCUT2D eigenvalue weighted by atomic mass is 35.5. The van der Waals surface area contributed by atoms with Crippen molar-refractivity contribution >= 4 is 12.4 Å². The molecule has 0 aromatic heterocycles. The third kappa shape index (κ3) is 4.06. The second-order valence-corrected chi connectivity index (χ2v) is 4.29. The lowest BCUT2D eigenvalue weighted by Gasteiger charge is -2.17. The van der Waals surface area contributed by atoms with Gasteiger partial charge in [-0.3, -0.25) is 0 Å². The average molecular weight is 256 g/mol. The molecule has 1 rings (SSSR count). The monoisotopic (exact) mass is 255 g/mol. The Kier molecular flexibility index (Phi) is 6.93. The van der Waals surface area contributed by atoms with Gasteiger partial charge in [0.05, 0.1) is 7.11 Å². The predicted molar refractivity (Wildman–Crippen MR) is 76.1 cm³/mol. The first kappa shape index (κ1) is 16.0. The molecule has 1 aromatic carbocycles. The van der Waals surface area contributed by atoms with E-state index in [9.17, 15) is 0 Å². The molecule has 0 heterocycles. The second kappa shape index (κ2) is 7.36. The zero-order valence-electron chi connectivity index (χ0n) is 10.8. The van der Waals surface area contributed by atoms with Crippen LogP contribution in [0.2, 0.25) is 0 Å². The van der Waals surface area contributed by atoms with Crippen molar-refractivity contribution < 1.29 is 4.74 Å². The smallest absolute Gasteiger partial charge is 0.123 e. The molecule has 0 spiro atoms. The molecule has 0 aliphatic heterocycles. The summed E-state index contributed by atoms with van der Waals surface area (Å²) in [5.41, 5.74) is 8.45. The summed E-state index contributed by atoms with van der Waals surface area (Å²) in [6, 6.07) is 6.19. The number of methoxy groups -OCH3 is 1. The Morgan fingerprint density at radius 3 is 2.53 bits per heavy atom. The second-order valence-electron chi connectivity index (χ2n) is 4.29. The SMILES string of the molecule is C=CC[C@H](N)c1cc(C(C)C)ccc1OC.Cl. The Morgan fingerprint density at radius 2 is 2.06 bits per heavy atom. The van der Waals surface area contributed by atoms with E-state index >= 15 is 0 Å². The average Bonchev–Trinajstić information content (AvgIpc) is 2.28. The first-order chi connectivity index (χ1) is 7.60. The van der Waals surface area contributed by atoms with Gasteiger partial charge in [-0.25, -0.2) is 0 Å². The van der Waals surface area contributed by atoms with Crippen molar-refractivity contribution in [3.63, 3.8) is 0 Å². The van der Waals surface area contributed by atoms with Gasteiger partial charge in [0, 0.05) is 11.6 Å². The zero-order chi connectivity index (χ0) is 12.1. The maximum absolute atomic E-state index is 6.10. The van der Waals surface area contributed by atoms with E-state index in [1.54, 1.807) is 7.11 Å². The molecule has 0 saturated heterocycles. The van der Waals surface area contributed by atoms with Gasteiger partial charge in [0.25, 0.3) is 0 Å². The summed E-state index contributed by atoms with van der Waals surface area (Å²) in [5, 5.41) is 0. The molecule has 1 aromatic rings. The highest BCUT2D eigenvalue weighted by Gasteiger charge is 2.12. The number of nitrogens with two attached hydrogens (primary N) is 1. The maximum atomic E-state index is 6.10. The molecule has 2 N–H and O–H groups in total. The number of halogens is 1. The van der Waals surface area contributed by atoms with Crippen molar-refractivity contribution in [3.05, 3.63) is 42.0 Å². The van der Waals surface area contributed by atoms with E-state index < -0.39 is 0 Å². The molecule has 0 amide bonds. The first-order valence-corrected chi connectivity index (χ1v) is 5.64. The third-order valence-electron chi connectivity index (χ3n) is 2.74. The topological polar surface area (TPSA) is 35.2 Å². The van der Waals surface area contributed by atoms with Gasteiger partial charge in [-0.05, 0) is 24.0 Å². The molecule has 0 radical (unpaired) electrons.